The van der Waals surface area contributed by atoms with Gasteiger partial charge in [-0.15, -0.1) is 0 Å². The Morgan fingerprint density at radius 2 is 2.33 bits per heavy atom. The van der Waals surface area contributed by atoms with Crippen molar-refractivity contribution in [3.05, 3.63) is 29.6 Å². The first-order valence-corrected chi connectivity index (χ1v) is 7.09. The number of carbonyl (C=O) groups excluding carboxylic acids is 1. The van der Waals surface area contributed by atoms with Crippen molar-refractivity contribution in [1.82, 2.24) is 0 Å². The third kappa shape index (κ3) is 4.85. The van der Waals surface area contributed by atoms with E-state index in [1.165, 1.54) is 12.1 Å². The van der Waals surface area contributed by atoms with E-state index in [-0.39, 0.29) is 30.7 Å². The molecule has 0 spiro atoms. The number of ether oxygens (including phenoxy) is 1. The molecule has 0 saturated carbocycles. The number of anilines is 1. The predicted molar refractivity (Wildman–Crippen MR) is 79.2 cm³/mol. The molecule has 21 heavy (non-hydrogen) atoms. The predicted octanol–water partition coefficient (Wildman–Crippen LogP) is 2.03. The molecule has 0 radical (unpaired) electrons. The van der Waals surface area contributed by atoms with E-state index in [0.29, 0.717) is 12.2 Å². The van der Waals surface area contributed by atoms with Crippen molar-refractivity contribution in [3.63, 3.8) is 0 Å². The van der Waals surface area contributed by atoms with Gasteiger partial charge in [0.1, 0.15) is 5.82 Å². The molecular weight excluding hydrogens is 271 g/mol. The normalized spacial score (nSPS) is 17.7. The van der Waals surface area contributed by atoms with Crippen LogP contribution in [0.2, 0.25) is 0 Å². The molecule has 1 aromatic rings. The lowest BCUT2D eigenvalue weighted by atomic mass is 10.1. The number of rotatable bonds is 3. The van der Waals surface area contributed by atoms with Gasteiger partial charge >= 0.3 is 0 Å². The Bertz CT molecular complexity index is 557. The zero-order chi connectivity index (χ0) is 15.1. The quantitative estimate of drug-likeness (QED) is 0.837. The molecule has 1 aromatic carbocycles. The first-order chi connectivity index (χ1) is 10.2. The second kappa shape index (κ2) is 7.77. The first-order valence-electron chi connectivity index (χ1n) is 7.09. The summed E-state index contributed by atoms with van der Waals surface area (Å²) in [4.78, 5) is 11.9. The lowest BCUT2D eigenvalue weighted by molar-refractivity contribution is -0.119. The smallest absolute Gasteiger partial charge is 0.227 e. The van der Waals surface area contributed by atoms with E-state index in [2.05, 4.69) is 17.2 Å². The minimum Gasteiger partial charge on any atom is -0.378 e. The molecule has 0 aliphatic carbocycles. The van der Waals surface area contributed by atoms with Gasteiger partial charge in [0.2, 0.25) is 5.91 Å². The van der Waals surface area contributed by atoms with Crippen LogP contribution in [0.25, 0.3) is 0 Å². The van der Waals surface area contributed by atoms with Crippen molar-refractivity contribution in [1.29, 1.82) is 0 Å². The van der Waals surface area contributed by atoms with Crippen LogP contribution >= 0.6 is 0 Å². The van der Waals surface area contributed by atoms with Crippen LogP contribution in [0, 0.1) is 17.7 Å². The molecule has 1 amide bonds. The topological polar surface area (TPSA) is 64.3 Å². The third-order valence-corrected chi connectivity index (χ3v) is 3.27. The number of halogens is 1. The third-order valence-electron chi connectivity index (χ3n) is 3.27. The van der Waals surface area contributed by atoms with Crippen LogP contribution in [-0.2, 0) is 9.53 Å². The van der Waals surface area contributed by atoms with Crippen molar-refractivity contribution in [2.75, 3.05) is 18.5 Å². The zero-order valence-corrected chi connectivity index (χ0v) is 11.8. The monoisotopic (exact) mass is 290 g/mol. The lowest BCUT2D eigenvalue weighted by Crippen LogP contribution is -2.25. The van der Waals surface area contributed by atoms with Gasteiger partial charge in [0.15, 0.2) is 0 Å². The molecule has 1 atom stereocenters. The highest BCUT2D eigenvalue weighted by molar-refractivity contribution is 5.91. The molecule has 3 N–H and O–H groups in total. The van der Waals surface area contributed by atoms with Gasteiger partial charge in [-0.25, -0.2) is 4.39 Å². The largest absolute Gasteiger partial charge is 0.378 e. The molecule has 1 heterocycles. The van der Waals surface area contributed by atoms with Crippen LogP contribution in [-0.4, -0.2) is 25.2 Å². The molecule has 1 aliphatic rings. The Morgan fingerprint density at radius 1 is 1.48 bits per heavy atom. The van der Waals surface area contributed by atoms with E-state index in [4.69, 9.17) is 10.5 Å². The van der Waals surface area contributed by atoms with Gasteiger partial charge in [-0.1, -0.05) is 11.8 Å². The second-order valence-electron chi connectivity index (χ2n) is 4.94. The highest BCUT2D eigenvalue weighted by Crippen LogP contribution is 2.19. The number of benzene rings is 1. The van der Waals surface area contributed by atoms with Crippen LogP contribution in [0.15, 0.2) is 18.2 Å². The molecule has 5 heteroatoms. The molecule has 1 fully saturated rings. The maximum absolute atomic E-state index is 13.9. The van der Waals surface area contributed by atoms with Crippen LogP contribution < -0.4 is 11.1 Å². The van der Waals surface area contributed by atoms with Gasteiger partial charge in [0, 0.05) is 12.2 Å². The van der Waals surface area contributed by atoms with Crippen molar-refractivity contribution in [2.24, 2.45) is 5.73 Å². The van der Waals surface area contributed by atoms with Crippen molar-refractivity contribution >= 4 is 11.6 Å². The average molecular weight is 290 g/mol. The van der Waals surface area contributed by atoms with E-state index in [0.717, 1.165) is 19.3 Å². The summed E-state index contributed by atoms with van der Waals surface area (Å²) in [5.41, 5.74) is 5.96. The molecule has 0 bridgehead atoms. The minimum absolute atomic E-state index is 0.0588. The molecule has 0 aromatic heterocycles. The molecule has 4 nitrogen and oxygen atoms in total. The Labute approximate surface area is 123 Å². The summed E-state index contributed by atoms with van der Waals surface area (Å²) >= 11 is 0. The standard InChI is InChI=1S/C16H19FN2O2/c17-14-10-12(4-3-8-18)6-7-15(14)19-16(20)11-13-5-1-2-9-21-13/h6-7,10,13H,1-2,5,8-9,11,18H2,(H,19,20). The number of nitrogens with one attached hydrogen (secondary N) is 1. The van der Waals surface area contributed by atoms with Crippen LogP contribution in [0.4, 0.5) is 10.1 Å². The maximum Gasteiger partial charge on any atom is 0.227 e. The fourth-order valence-electron chi connectivity index (χ4n) is 2.22. The van der Waals surface area contributed by atoms with Gasteiger partial charge in [-0.2, -0.15) is 0 Å². The van der Waals surface area contributed by atoms with Crippen LogP contribution in [0.5, 0.6) is 0 Å². The van der Waals surface area contributed by atoms with Gasteiger partial charge in [-0.3, -0.25) is 4.79 Å². The van der Waals surface area contributed by atoms with Crippen LogP contribution in [0.3, 0.4) is 0 Å². The van der Waals surface area contributed by atoms with Gasteiger partial charge in [-0.05, 0) is 37.5 Å². The van der Waals surface area contributed by atoms with E-state index < -0.39 is 5.82 Å². The maximum atomic E-state index is 13.9. The summed E-state index contributed by atoms with van der Waals surface area (Å²) in [6, 6.07) is 4.45. The van der Waals surface area contributed by atoms with E-state index in [1.807, 2.05) is 0 Å². The SMILES string of the molecule is NCC#Cc1ccc(NC(=O)CC2CCCCO2)c(F)c1. The Morgan fingerprint density at radius 3 is 3.00 bits per heavy atom. The van der Waals surface area contributed by atoms with Gasteiger partial charge in [0.25, 0.3) is 0 Å². The van der Waals surface area contributed by atoms with Crippen molar-refractivity contribution in [2.45, 2.75) is 31.8 Å². The Hall–Kier alpha value is -1.90. The number of nitrogens with two attached hydrogens (primary N) is 1. The average Bonchev–Trinajstić information content (AvgIpc) is 2.48. The van der Waals surface area contributed by atoms with E-state index >= 15 is 0 Å². The van der Waals surface area contributed by atoms with E-state index in [1.54, 1.807) is 6.07 Å². The molecular formula is C16H19FN2O2. The van der Waals surface area contributed by atoms with E-state index in [9.17, 15) is 9.18 Å². The Kier molecular flexibility index (Phi) is 5.73. The molecule has 2 rings (SSSR count). The summed E-state index contributed by atoms with van der Waals surface area (Å²) in [5.74, 6) is 4.66. The number of hydrogen-bond acceptors (Lipinski definition) is 3. The van der Waals surface area contributed by atoms with Crippen LogP contribution in [0.1, 0.15) is 31.2 Å². The highest BCUT2D eigenvalue weighted by Gasteiger charge is 2.18. The summed E-state index contributed by atoms with van der Waals surface area (Å²) in [6.45, 7) is 0.919. The Balaban J connectivity index is 1.94. The van der Waals surface area contributed by atoms with Crippen molar-refractivity contribution in [3.8, 4) is 11.8 Å². The molecule has 1 aliphatic heterocycles. The fraction of sp³-hybridized carbons (Fsp3) is 0.438. The van der Waals surface area contributed by atoms with Crippen molar-refractivity contribution < 1.29 is 13.9 Å². The fourth-order valence-corrected chi connectivity index (χ4v) is 2.22. The zero-order valence-electron chi connectivity index (χ0n) is 11.8. The summed E-state index contributed by atoms with van der Waals surface area (Å²) < 4.78 is 19.4. The minimum atomic E-state index is -0.503. The first kappa shape index (κ1) is 15.5. The summed E-state index contributed by atoms with van der Waals surface area (Å²) in [7, 11) is 0. The summed E-state index contributed by atoms with van der Waals surface area (Å²) in [6.07, 6.45) is 3.19. The van der Waals surface area contributed by atoms with Gasteiger partial charge in [0.05, 0.1) is 24.8 Å². The number of carbonyl (C=O) groups is 1. The summed E-state index contributed by atoms with van der Waals surface area (Å²) in [5, 5.41) is 2.57. The number of amides is 1. The number of hydrogen-bond donors (Lipinski definition) is 2. The van der Waals surface area contributed by atoms with Gasteiger partial charge < -0.3 is 15.8 Å². The molecule has 1 saturated heterocycles. The second-order valence-corrected chi connectivity index (χ2v) is 4.94. The molecule has 1 unspecified atom stereocenters. The highest BCUT2D eigenvalue weighted by atomic mass is 19.1. The molecule has 112 valence electrons. The lowest BCUT2D eigenvalue weighted by Gasteiger charge is -2.22.